The topological polar surface area (TPSA) is 70.1 Å². The lowest BCUT2D eigenvalue weighted by Crippen LogP contribution is -2.32. The number of nitrogens with zero attached hydrogens (tertiary/aromatic N) is 2. The zero-order valence-corrected chi connectivity index (χ0v) is 18.5. The third kappa shape index (κ3) is 5.14. The number of benzene rings is 2. The molecule has 31 heavy (non-hydrogen) atoms. The smallest absolute Gasteiger partial charge is 0.295 e. The number of amides is 1. The second-order valence-electron chi connectivity index (χ2n) is 8.25. The molecular formula is C25H30N2O4. The first kappa shape index (κ1) is 22.6. The number of ether oxygens (including phenoxy) is 1. The molecule has 6 heteroatoms. The van der Waals surface area contributed by atoms with Crippen molar-refractivity contribution in [2.75, 3.05) is 27.2 Å². The van der Waals surface area contributed by atoms with Crippen LogP contribution in [0.3, 0.4) is 0 Å². The van der Waals surface area contributed by atoms with Gasteiger partial charge in [0.2, 0.25) is 0 Å². The summed E-state index contributed by atoms with van der Waals surface area (Å²) in [6.07, 6.45) is 0.761. The number of carbonyl (C=O) groups excluding carboxylic acids is 2. The summed E-state index contributed by atoms with van der Waals surface area (Å²) in [4.78, 5) is 29.5. The minimum atomic E-state index is -0.654. The van der Waals surface area contributed by atoms with Crippen LogP contribution in [0.2, 0.25) is 0 Å². The van der Waals surface area contributed by atoms with E-state index in [9.17, 15) is 14.7 Å². The van der Waals surface area contributed by atoms with Gasteiger partial charge >= 0.3 is 0 Å². The fraction of sp³-hybridized carbons (Fsp3) is 0.360. The second-order valence-corrected chi connectivity index (χ2v) is 8.25. The summed E-state index contributed by atoms with van der Waals surface area (Å²) in [6, 6.07) is 15.6. The van der Waals surface area contributed by atoms with E-state index in [4.69, 9.17) is 4.74 Å². The normalized spacial score (nSPS) is 18.3. The lowest BCUT2D eigenvalue weighted by atomic mass is 9.95. The monoisotopic (exact) mass is 422 g/mol. The Morgan fingerprint density at radius 3 is 2.29 bits per heavy atom. The summed E-state index contributed by atoms with van der Waals surface area (Å²) in [6.45, 7) is 5.11. The maximum atomic E-state index is 13.0. The van der Waals surface area contributed by atoms with Gasteiger partial charge in [0.15, 0.2) is 0 Å². The van der Waals surface area contributed by atoms with Crippen LogP contribution in [0.5, 0.6) is 5.75 Å². The van der Waals surface area contributed by atoms with Crippen LogP contribution in [0.15, 0.2) is 60.2 Å². The average molecular weight is 423 g/mol. The largest absolute Gasteiger partial charge is 0.507 e. The van der Waals surface area contributed by atoms with Crippen molar-refractivity contribution < 1.29 is 19.4 Å². The molecule has 1 N–H and O–H groups in total. The summed E-state index contributed by atoms with van der Waals surface area (Å²) < 4.78 is 5.72. The summed E-state index contributed by atoms with van der Waals surface area (Å²) in [5.74, 6) is -0.671. The minimum Gasteiger partial charge on any atom is -0.507 e. The molecule has 0 spiro atoms. The van der Waals surface area contributed by atoms with E-state index in [0.717, 1.165) is 18.5 Å². The first-order valence-corrected chi connectivity index (χ1v) is 10.5. The van der Waals surface area contributed by atoms with Crippen molar-refractivity contribution in [3.63, 3.8) is 0 Å². The Morgan fingerprint density at radius 2 is 1.71 bits per heavy atom. The van der Waals surface area contributed by atoms with Crippen molar-refractivity contribution in [1.29, 1.82) is 0 Å². The number of aliphatic hydroxyl groups is 1. The second kappa shape index (κ2) is 9.79. The highest BCUT2D eigenvalue weighted by Gasteiger charge is 2.45. The molecule has 1 atom stereocenters. The molecule has 3 rings (SSSR count). The first-order valence-electron chi connectivity index (χ1n) is 10.5. The Kier molecular flexibility index (Phi) is 7.13. The van der Waals surface area contributed by atoms with E-state index < -0.39 is 17.7 Å². The molecule has 0 aromatic heterocycles. The predicted octanol–water partition coefficient (Wildman–Crippen LogP) is 3.85. The third-order valence-electron chi connectivity index (χ3n) is 5.16. The zero-order chi connectivity index (χ0) is 22.5. The SMILES string of the molecule is CC(C)Oc1ccc(C2/C(=C(\O)c3ccccc3)C(=O)C(=O)N2CCCN(C)C)cc1. The van der Waals surface area contributed by atoms with Crippen LogP contribution >= 0.6 is 0 Å². The molecular weight excluding hydrogens is 392 g/mol. The molecule has 1 unspecified atom stereocenters. The third-order valence-corrected chi connectivity index (χ3v) is 5.16. The van der Waals surface area contributed by atoms with Gasteiger partial charge in [-0.05, 0) is 58.6 Å². The molecule has 0 aliphatic carbocycles. The van der Waals surface area contributed by atoms with E-state index in [1.165, 1.54) is 0 Å². The molecule has 0 bridgehead atoms. The maximum absolute atomic E-state index is 13.0. The number of ketones is 1. The van der Waals surface area contributed by atoms with Gasteiger partial charge in [0.1, 0.15) is 11.5 Å². The van der Waals surface area contributed by atoms with Gasteiger partial charge in [-0.15, -0.1) is 0 Å². The van der Waals surface area contributed by atoms with Gasteiger partial charge in [-0.1, -0.05) is 42.5 Å². The maximum Gasteiger partial charge on any atom is 0.295 e. The lowest BCUT2D eigenvalue weighted by molar-refractivity contribution is -0.139. The number of likely N-dealkylation sites (tertiary alicyclic amines) is 1. The number of rotatable bonds is 8. The first-order chi connectivity index (χ1) is 14.8. The van der Waals surface area contributed by atoms with Crippen LogP contribution in [-0.2, 0) is 9.59 Å². The summed E-state index contributed by atoms with van der Waals surface area (Å²) in [5, 5.41) is 11.0. The fourth-order valence-electron chi connectivity index (χ4n) is 3.77. The van der Waals surface area contributed by atoms with Crippen LogP contribution < -0.4 is 4.74 Å². The van der Waals surface area contributed by atoms with Crippen molar-refractivity contribution in [1.82, 2.24) is 9.80 Å². The van der Waals surface area contributed by atoms with Crippen molar-refractivity contribution in [3.05, 3.63) is 71.3 Å². The molecule has 6 nitrogen and oxygen atoms in total. The van der Waals surface area contributed by atoms with Gasteiger partial charge in [-0.2, -0.15) is 0 Å². The minimum absolute atomic E-state index is 0.0422. The van der Waals surface area contributed by atoms with Gasteiger partial charge in [-0.3, -0.25) is 9.59 Å². The van der Waals surface area contributed by atoms with Crippen LogP contribution in [0.4, 0.5) is 0 Å². The highest BCUT2D eigenvalue weighted by atomic mass is 16.5. The quantitative estimate of drug-likeness (QED) is 0.398. The predicted molar refractivity (Wildman–Crippen MR) is 121 cm³/mol. The molecule has 1 amide bonds. The van der Waals surface area contributed by atoms with Gasteiger partial charge in [-0.25, -0.2) is 0 Å². The van der Waals surface area contributed by atoms with Crippen molar-refractivity contribution in [3.8, 4) is 5.75 Å². The summed E-state index contributed by atoms with van der Waals surface area (Å²) in [7, 11) is 3.93. The Morgan fingerprint density at radius 1 is 1.06 bits per heavy atom. The molecule has 1 heterocycles. The Balaban J connectivity index is 2.04. The van der Waals surface area contributed by atoms with Crippen molar-refractivity contribution in [2.45, 2.75) is 32.4 Å². The van der Waals surface area contributed by atoms with E-state index >= 15 is 0 Å². The molecule has 1 saturated heterocycles. The van der Waals surface area contributed by atoms with Gasteiger partial charge < -0.3 is 19.6 Å². The number of carbonyl (C=O) groups is 2. The molecule has 1 aliphatic rings. The highest BCUT2D eigenvalue weighted by molar-refractivity contribution is 6.46. The van der Waals surface area contributed by atoms with Crippen LogP contribution in [0.25, 0.3) is 5.76 Å². The number of hydrogen-bond donors (Lipinski definition) is 1. The summed E-state index contributed by atoms with van der Waals surface area (Å²) >= 11 is 0. The van der Waals surface area contributed by atoms with E-state index in [2.05, 4.69) is 0 Å². The van der Waals surface area contributed by atoms with E-state index in [1.807, 2.05) is 63.2 Å². The van der Waals surface area contributed by atoms with Crippen LogP contribution in [0, 0.1) is 0 Å². The fourth-order valence-corrected chi connectivity index (χ4v) is 3.77. The summed E-state index contributed by atoms with van der Waals surface area (Å²) in [5.41, 5.74) is 1.40. The Bertz CT molecular complexity index is 949. The molecule has 2 aromatic rings. The standard InChI is InChI=1S/C25H30N2O4/c1-17(2)31-20-13-11-18(12-14-20)22-21(23(28)19-9-6-5-7-10-19)24(29)25(30)27(22)16-8-15-26(3)4/h5-7,9-14,17,22,28H,8,15-16H2,1-4H3/b23-21+. The zero-order valence-electron chi connectivity index (χ0n) is 18.5. The number of hydrogen-bond acceptors (Lipinski definition) is 5. The average Bonchev–Trinajstić information content (AvgIpc) is 2.99. The van der Waals surface area contributed by atoms with Gasteiger partial charge in [0.25, 0.3) is 11.7 Å². The molecule has 1 fully saturated rings. The Labute approximate surface area is 183 Å². The molecule has 0 saturated carbocycles. The highest BCUT2D eigenvalue weighted by Crippen LogP contribution is 2.39. The van der Waals surface area contributed by atoms with Crippen molar-refractivity contribution in [2.24, 2.45) is 0 Å². The van der Waals surface area contributed by atoms with Gasteiger partial charge in [0.05, 0.1) is 17.7 Å². The Hall–Kier alpha value is -3.12. The number of Topliss-reactive ketones (excluding diaryl/α,β-unsaturated/α-hetero) is 1. The molecule has 2 aromatic carbocycles. The van der Waals surface area contributed by atoms with Crippen molar-refractivity contribution >= 4 is 17.4 Å². The number of aliphatic hydroxyl groups excluding tert-OH is 1. The molecule has 164 valence electrons. The van der Waals surface area contributed by atoms with Crippen LogP contribution in [-0.4, -0.2) is 59.9 Å². The molecule has 1 aliphatic heterocycles. The van der Waals surface area contributed by atoms with Gasteiger partial charge in [0, 0.05) is 12.1 Å². The van der Waals surface area contributed by atoms with E-state index in [1.54, 1.807) is 29.2 Å². The van der Waals surface area contributed by atoms with E-state index in [0.29, 0.717) is 17.9 Å². The molecule has 0 radical (unpaired) electrons. The van der Waals surface area contributed by atoms with E-state index in [-0.39, 0.29) is 17.4 Å². The lowest BCUT2D eigenvalue weighted by Gasteiger charge is -2.26. The van der Waals surface area contributed by atoms with Crippen LogP contribution in [0.1, 0.15) is 37.4 Å².